The molecule has 3 rings (SSSR count). The van der Waals surface area contributed by atoms with Gasteiger partial charge in [-0.3, -0.25) is 9.59 Å². The van der Waals surface area contributed by atoms with Crippen molar-refractivity contribution in [1.29, 1.82) is 0 Å². The van der Waals surface area contributed by atoms with E-state index in [1.807, 2.05) is 69.1 Å². The number of hydrogen-bond acceptors (Lipinski definition) is 3. The van der Waals surface area contributed by atoms with Crippen LogP contribution in [0.25, 0.3) is 0 Å². The molecule has 194 valence electrons. The molecule has 3 aromatic carbocycles. The zero-order chi connectivity index (χ0) is 27.2. The normalized spacial score (nSPS) is 11.7. The van der Waals surface area contributed by atoms with Crippen molar-refractivity contribution >= 4 is 52.2 Å². The minimum atomic E-state index is -0.501. The van der Waals surface area contributed by atoms with Gasteiger partial charge >= 0.3 is 0 Å². The summed E-state index contributed by atoms with van der Waals surface area (Å²) in [4.78, 5) is 32.2. The molecule has 6 nitrogen and oxygen atoms in total. The number of rotatable bonds is 7. The molecule has 0 aromatic heterocycles. The van der Waals surface area contributed by atoms with E-state index in [1.165, 1.54) is 0 Å². The third-order valence-electron chi connectivity index (χ3n) is 5.69. The Kier molecular flexibility index (Phi) is 9.35. The van der Waals surface area contributed by atoms with Gasteiger partial charge in [0.2, 0.25) is 5.91 Å². The highest BCUT2D eigenvalue weighted by atomic mass is 35.5. The predicted molar refractivity (Wildman–Crippen MR) is 153 cm³/mol. The molecular formula is C29H32Cl2N4O2. The average Bonchev–Trinajstić information content (AvgIpc) is 2.86. The highest BCUT2D eigenvalue weighted by molar-refractivity contribution is 6.34. The number of amides is 2. The van der Waals surface area contributed by atoms with Gasteiger partial charge in [-0.2, -0.15) is 0 Å². The Morgan fingerprint density at radius 1 is 0.973 bits per heavy atom. The van der Waals surface area contributed by atoms with Crippen LogP contribution in [0.15, 0.2) is 71.7 Å². The molecular weight excluding hydrogens is 507 g/mol. The van der Waals surface area contributed by atoms with E-state index in [0.29, 0.717) is 33.5 Å². The van der Waals surface area contributed by atoms with Crippen molar-refractivity contribution in [3.63, 3.8) is 0 Å². The van der Waals surface area contributed by atoms with E-state index in [9.17, 15) is 9.59 Å². The molecule has 0 atom stereocenters. The van der Waals surface area contributed by atoms with Gasteiger partial charge < -0.3 is 15.5 Å². The van der Waals surface area contributed by atoms with E-state index >= 15 is 0 Å². The molecule has 0 aliphatic carbocycles. The number of nitrogens with one attached hydrogen (secondary N) is 2. The van der Waals surface area contributed by atoms with Gasteiger partial charge in [0.25, 0.3) is 5.91 Å². The summed E-state index contributed by atoms with van der Waals surface area (Å²) < 4.78 is 0. The number of carbonyl (C=O) groups is 2. The molecule has 0 radical (unpaired) electrons. The van der Waals surface area contributed by atoms with Gasteiger partial charge in [0.15, 0.2) is 0 Å². The second kappa shape index (κ2) is 12.3. The van der Waals surface area contributed by atoms with Crippen LogP contribution < -0.4 is 10.6 Å². The quantitative estimate of drug-likeness (QED) is 0.252. The maximum Gasteiger partial charge on any atom is 0.257 e. The molecule has 0 aliphatic rings. The maximum atomic E-state index is 13.1. The van der Waals surface area contributed by atoms with Crippen LogP contribution >= 0.6 is 23.2 Å². The van der Waals surface area contributed by atoms with E-state index in [1.54, 1.807) is 30.3 Å². The van der Waals surface area contributed by atoms with Gasteiger partial charge in [-0.25, -0.2) is 4.99 Å². The Balaban J connectivity index is 1.81. The summed E-state index contributed by atoms with van der Waals surface area (Å²) in [7, 11) is 1.97. The summed E-state index contributed by atoms with van der Waals surface area (Å²) in [5.41, 5.74) is 2.81. The molecule has 0 heterocycles. The first kappa shape index (κ1) is 28.2. The van der Waals surface area contributed by atoms with Crippen LogP contribution in [0.3, 0.4) is 0 Å². The van der Waals surface area contributed by atoms with E-state index in [-0.39, 0.29) is 11.8 Å². The van der Waals surface area contributed by atoms with E-state index in [2.05, 4.69) is 17.6 Å². The van der Waals surface area contributed by atoms with Crippen molar-refractivity contribution in [2.24, 2.45) is 10.4 Å². The lowest BCUT2D eigenvalue weighted by Crippen LogP contribution is -2.34. The van der Waals surface area contributed by atoms with E-state index < -0.39 is 5.41 Å². The minimum absolute atomic E-state index is 0.0718. The summed E-state index contributed by atoms with van der Waals surface area (Å²) in [5.74, 6) is 0.368. The highest BCUT2D eigenvalue weighted by Crippen LogP contribution is 2.24. The monoisotopic (exact) mass is 538 g/mol. The second-order valence-corrected chi connectivity index (χ2v) is 10.6. The Bertz CT molecular complexity index is 1300. The summed E-state index contributed by atoms with van der Waals surface area (Å²) in [5, 5.41) is 6.78. The summed E-state index contributed by atoms with van der Waals surface area (Å²) in [6.45, 7) is 8.66. The third-order valence-corrected chi connectivity index (χ3v) is 6.27. The molecule has 0 bridgehead atoms. The fourth-order valence-corrected chi connectivity index (χ4v) is 3.73. The first-order valence-corrected chi connectivity index (χ1v) is 12.8. The number of benzene rings is 3. The lowest BCUT2D eigenvalue weighted by Gasteiger charge is -2.20. The first-order chi connectivity index (χ1) is 17.5. The first-order valence-electron chi connectivity index (χ1n) is 12.0. The molecule has 0 saturated carbocycles. The van der Waals surface area contributed by atoms with Gasteiger partial charge in [0.05, 0.1) is 16.3 Å². The molecule has 8 heteroatoms. The Hall–Kier alpha value is -3.35. The topological polar surface area (TPSA) is 73.8 Å². The standard InChI is InChI=1S/C29H32Cl2N4O2/c1-6-35(5)26(20-11-13-21(30)14-12-20)33-22-8-7-9-23(17-22)34-27(36)24-16-19(10-15-25(24)31)18-32-28(37)29(2,3)4/h7-17H,6,18H2,1-5H3,(H,32,37)(H,34,36)/b33-26-. The predicted octanol–water partition coefficient (Wildman–Crippen LogP) is 6.94. The third kappa shape index (κ3) is 7.81. The van der Waals surface area contributed by atoms with Crippen molar-refractivity contribution in [3.05, 3.63) is 93.5 Å². The van der Waals surface area contributed by atoms with Crippen molar-refractivity contribution in [1.82, 2.24) is 10.2 Å². The van der Waals surface area contributed by atoms with Crippen LogP contribution in [0, 0.1) is 5.41 Å². The molecule has 37 heavy (non-hydrogen) atoms. The van der Waals surface area contributed by atoms with Crippen LogP contribution in [0.5, 0.6) is 0 Å². The smallest absolute Gasteiger partial charge is 0.257 e. The number of hydrogen-bond donors (Lipinski definition) is 2. The fourth-order valence-electron chi connectivity index (χ4n) is 3.40. The molecule has 2 N–H and O–H groups in total. The molecule has 3 aromatic rings. The molecule has 0 aliphatic heterocycles. The minimum Gasteiger partial charge on any atom is -0.359 e. The van der Waals surface area contributed by atoms with Crippen molar-refractivity contribution < 1.29 is 9.59 Å². The zero-order valence-electron chi connectivity index (χ0n) is 21.7. The molecule has 0 unspecified atom stereocenters. The average molecular weight is 540 g/mol. The number of anilines is 1. The van der Waals surface area contributed by atoms with Gasteiger partial charge in [-0.15, -0.1) is 0 Å². The number of amidine groups is 1. The molecule has 0 spiro atoms. The summed E-state index contributed by atoms with van der Waals surface area (Å²) in [6.07, 6.45) is 0. The van der Waals surface area contributed by atoms with Gasteiger partial charge in [0.1, 0.15) is 5.84 Å². The van der Waals surface area contributed by atoms with Crippen molar-refractivity contribution in [2.75, 3.05) is 18.9 Å². The molecule has 2 amide bonds. The Morgan fingerprint density at radius 3 is 2.32 bits per heavy atom. The van der Waals surface area contributed by atoms with Gasteiger partial charge in [-0.05, 0) is 67.1 Å². The number of carbonyl (C=O) groups excluding carboxylic acids is 2. The molecule has 0 fully saturated rings. The Morgan fingerprint density at radius 2 is 1.68 bits per heavy atom. The van der Waals surface area contributed by atoms with Crippen LogP contribution in [0.1, 0.15) is 49.2 Å². The summed E-state index contributed by atoms with van der Waals surface area (Å²) in [6, 6.07) is 20.0. The van der Waals surface area contributed by atoms with Crippen LogP contribution in [0.4, 0.5) is 11.4 Å². The van der Waals surface area contributed by atoms with Crippen LogP contribution in [-0.4, -0.2) is 36.1 Å². The lowest BCUT2D eigenvalue weighted by molar-refractivity contribution is -0.128. The maximum absolute atomic E-state index is 13.1. The number of halogens is 2. The molecule has 0 saturated heterocycles. The number of aliphatic imine (C=N–C) groups is 1. The lowest BCUT2D eigenvalue weighted by atomic mass is 9.95. The zero-order valence-corrected chi connectivity index (χ0v) is 23.2. The van der Waals surface area contributed by atoms with Gasteiger partial charge in [-0.1, -0.05) is 56.1 Å². The fraction of sp³-hybridized carbons (Fsp3) is 0.276. The van der Waals surface area contributed by atoms with Crippen molar-refractivity contribution in [2.45, 2.75) is 34.2 Å². The summed E-state index contributed by atoms with van der Waals surface area (Å²) >= 11 is 12.4. The van der Waals surface area contributed by atoms with Gasteiger partial charge in [0, 0.05) is 41.8 Å². The van der Waals surface area contributed by atoms with Crippen molar-refractivity contribution in [3.8, 4) is 0 Å². The largest absolute Gasteiger partial charge is 0.359 e. The van der Waals surface area contributed by atoms with Crippen LogP contribution in [0.2, 0.25) is 10.0 Å². The van der Waals surface area contributed by atoms with E-state index in [4.69, 9.17) is 28.2 Å². The second-order valence-electron chi connectivity index (χ2n) is 9.71. The Labute approximate surface area is 228 Å². The van der Waals surface area contributed by atoms with Crippen LogP contribution in [-0.2, 0) is 11.3 Å². The number of nitrogens with zero attached hydrogens (tertiary/aromatic N) is 2. The highest BCUT2D eigenvalue weighted by Gasteiger charge is 2.21. The van der Waals surface area contributed by atoms with E-state index in [0.717, 1.165) is 23.5 Å². The SMILES string of the molecule is CCN(C)/C(=N\c1cccc(NC(=O)c2cc(CNC(=O)C(C)(C)C)ccc2Cl)c1)c1ccc(Cl)cc1.